The fourth-order valence-electron chi connectivity index (χ4n) is 9.16. The zero-order valence-electron chi connectivity index (χ0n) is 22.0. The van der Waals surface area contributed by atoms with Crippen molar-refractivity contribution in [2.24, 2.45) is 52.3 Å². The van der Waals surface area contributed by atoms with Crippen molar-refractivity contribution in [2.45, 2.75) is 98.1 Å². The van der Waals surface area contributed by atoms with Crippen LogP contribution >= 0.6 is 0 Å². The first-order chi connectivity index (χ1) is 16.0. The van der Waals surface area contributed by atoms with E-state index < -0.39 is 12.0 Å². The molecule has 6 heteroatoms. The molecule has 1 saturated heterocycles. The maximum Gasteiger partial charge on any atom is 0.326 e. The van der Waals surface area contributed by atoms with Crippen molar-refractivity contribution >= 4 is 11.9 Å². The summed E-state index contributed by atoms with van der Waals surface area (Å²) in [7, 11) is 0. The number of nitrogens with one attached hydrogen (secondary N) is 2. The lowest BCUT2D eigenvalue weighted by Gasteiger charge is -2.62. The van der Waals surface area contributed by atoms with E-state index in [0.717, 1.165) is 25.9 Å². The maximum absolute atomic E-state index is 12.5. The molecule has 0 spiro atoms. The number of hydrogen-bond acceptors (Lipinski definition) is 4. The molecule has 0 bridgehead atoms. The first-order valence-electron chi connectivity index (χ1n) is 13.9. The van der Waals surface area contributed by atoms with E-state index in [4.69, 9.17) is 0 Å². The minimum Gasteiger partial charge on any atom is -0.480 e. The number of aliphatic hydroxyl groups excluding tert-OH is 1. The maximum atomic E-state index is 12.5. The molecule has 6 nitrogen and oxygen atoms in total. The average Bonchev–Trinajstić information content (AvgIpc) is 3.13. The number of carbonyl (C=O) groups is 2. The van der Waals surface area contributed by atoms with Crippen LogP contribution in [-0.4, -0.2) is 47.3 Å². The molecule has 4 aliphatic rings. The first-order valence-corrected chi connectivity index (χ1v) is 13.9. The summed E-state index contributed by atoms with van der Waals surface area (Å²) < 4.78 is 0. The summed E-state index contributed by atoms with van der Waals surface area (Å²) in [5, 5.41) is 27.0. The number of carbonyl (C=O) groups excluding carboxylic acids is 1. The van der Waals surface area contributed by atoms with Crippen LogP contribution < -0.4 is 10.6 Å². The Morgan fingerprint density at radius 3 is 2.44 bits per heavy atom. The second-order valence-electron chi connectivity index (χ2n) is 13.1. The van der Waals surface area contributed by atoms with Crippen LogP contribution in [0.5, 0.6) is 0 Å². The van der Waals surface area contributed by atoms with Crippen LogP contribution in [0, 0.1) is 52.3 Å². The van der Waals surface area contributed by atoms with Gasteiger partial charge in [-0.05, 0) is 110 Å². The molecule has 1 aliphatic heterocycles. The third-order valence-electron chi connectivity index (χ3n) is 11.2. The second kappa shape index (κ2) is 9.72. The molecule has 4 N–H and O–H groups in total. The Bertz CT molecular complexity index is 772. The Morgan fingerprint density at radius 1 is 1.06 bits per heavy atom. The Morgan fingerprint density at radius 2 is 1.76 bits per heavy atom. The van der Waals surface area contributed by atoms with Gasteiger partial charge in [-0.25, -0.2) is 4.79 Å². The first kappa shape index (κ1) is 25.9. The summed E-state index contributed by atoms with van der Waals surface area (Å²) in [6.45, 7) is 13.1. The number of carboxylic acids is 1. The lowest BCUT2D eigenvalue weighted by molar-refractivity contribution is -0.161. The van der Waals surface area contributed by atoms with Crippen LogP contribution in [0.25, 0.3) is 0 Å². The highest BCUT2D eigenvalue weighted by Crippen LogP contribution is 2.67. The van der Waals surface area contributed by atoms with E-state index in [-0.39, 0.29) is 23.3 Å². The van der Waals surface area contributed by atoms with Gasteiger partial charge in [0.15, 0.2) is 0 Å². The number of carboxylic acid groups (broad SMARTS) is 1. The minimum atomic E-state index is -0.963. The van der Waals surface area contributed by atoms with E-state index in [1.165, 1.54) is 32.1 Å². The van der Waals surface area contributed by atoms with Crippen LogP contribution in [0.15, 0.2) is 0 Å². The predicted molar refractivity (Wildman–Crippen MR) is 133 cm³/mol. The summed E-state index contributed by atoms with van der Waals surface area (Å²) in [6, 6.07) is -0.820. The third kappa shape index (κ3) is 4.42. The Kier molecular flexibility index (Phi) is 7.42. The minimum absolute atomic E-state index is 0.133. The van der Waals surface area contributed by atoms with Crippen molar-refractivity contribution in [1.82, 2.24) is 10.6 Å². The van der Waals surface area contributed by atoms with E-state index in [2.05, 4.69) is 31.4 Å². The van der Waals surface area contributed by atoms with Gasteiger partial charge in [-0.15, -0.1) is 0 Å². The fraction of sp³-hybridized carbons (Fsp3) is 0.929. The summed E-state index contributed by atoms with van der Waals surface area (Å²) >= 11 is 0. The van der Waals surface area contributed by atoms with Gasteiger partial charge in [0.05, 0.1) is 6.10 Å². The standard InChI is InChI=1S/C28H48N2O4/c1-16(2)25(26(33)34)30-23(32)9-6-17(3)19-7-8-20-24-21(10-11-28(19,20)5)27(4)12-13-29-15-18(27)14-22(24)31/h16-22,24-25,29,31H,6-15H2,1-5H3,(H,30,32)(H,33,34)/t17-,18-,19-,20+,21+,22+,24+,25+,27+,28-/m1/s1. The van der Waals surface area contributed by atoms with Crippen LogP contribution in [0.2, 0.25) is 0 Å². The van der Waals surface area contributed by atoms with Gasteiger partial charge in [-0.1, -0.05) is 34.6 Å². The topological polar surface area (TPSA) is 98.7 Å². The third-order valence-corrected chi connectivity index (χ3v) is 11.2. The smallest absolute Gasteiger partial charge is 0.326 e. The van der Waals surface area contributed by atoms with Gasteiger partial charge in [0.1, 0.15) is 6.04 Å². The zero-order valence-corrected chi connectivity index (χ0v) is 22.0. The largest absolute Gasteiger partial charge is 0.480 e. The molecule has 0 aromatic rings. The van der Waals surface area contributed by atoms with Crippen LogP contribution in [0.1, 0.15) is 86.0 Å². The highest BCUT2D eigenvalue weighted by molar-refractivity contribution is 5.83. The molecule has 0 aromatic heterocycles. The summed E-state index contributed by atoms with van der Waals surface area (Å²) in [5.41, 5.74) is 0.588. The number of amides is 1. The number of aliphatic carboxylic acids is 1. The monoisotopic (exact) mass is 476 g/mol. The van der Waals surface area contributed by atoms with Gasteiger partial charge >= 0.3 is 5.97 Å². The highest BCUT2D eigenvalue weighted by atomic mass is 16.4. The van der Waals surface area contributed by atoms with Crippen molar-refractivity contribution < 1.29 is 19.8 Å². The number of piperidine rings is 1. The van der Waals surface area contributed by atoms with Gasteiger partial charge in [-0.3, -0.25) is 4.79 Å². The molecule has 194 valence electrons. The molecule has 0 radical (unpaired) electrons. The molecule has 4 fully saturated rings. The molecule has 3 aliphatic carbocycles. The summed E-state index contributed by atoms with van der Waals surface area (Å²) in [5.74, 6) is 1.96. The zero-order chi connectivity index (χ0) is 24.8. The average molecular weight is 477 g/mol. The van der Waals surface area contributed by atoms with Crippen LogP contribution in [0.3, 0.4) is 0 Å². The lowest BCUT2D eigenvalue weighted by Crippen LogP contribution is -2.60. The normalized spacial score (nSPS) is 43.4. The highest BCUT2D eigenvalue weighted by Gasteiger charge is 2.62. The van der Waals surface area contributed by atoms with Gasteiger partial charge in [0.2, 0.25) is 5.91 Å². The van der Waals surface area contributed by atoms with Crippen molar-refractivity contribution in [3.8, 4) is 0 Å². The molecular formula is C28H48N2O4. The molecule has 1 amide bonds. The van der Waals surface area contributed by atoms with Crippen LogP contribution in [-0.2, 0) is 9.59 Å². The number of fused-ring (bicyclic) bond motifs is 5. The van der Waals surface area contributed by atoms with Gasteiger partial charge in [0.25, 0.3) is 0 Å². The predicted octanol–water partition coefficient (Wildman–Crippen LogP) is 4.07. The molecule has 0 unspecified atom stereocenters. The summed E-state index contributed by atoms with van der Waals surface area (Å²) in [6.07, 6.45) is 8.01. The van der Waals surface area contributed by atoms with Gasteiger partial charge in [0, 0.05) is 6.42 Å². The Hall–Kier alpha value is -1.14. The molecule has 4 rings (SSSR count). The SMILES string of the molecule is CC(C)[C@H](NC(=O)CC[C@@H](C)[C@H]1CC[C@H]2[C@@H]3[C@@H](O)C[C@@H]4CNCC[C@]4(C)[C@H]3CC[C@]12C)C(=O)O. The van der Waals surface area contributed by atoms with Crippen molar-refractivity contribution in [3.63, 3.8) is 0 Å². The molecule has 10 atom stereocenters. The van der Waals surface area contributed by atoms with E-state index in [9.17, 15) is 19.8 Å². The van der Waals surface area contributed by atoms with Gasteiger partial charge < -0.3 is 20.8 Å². The van der Waals surface area contributed by atoms with E-state index in [0.29, 0.717) is 47.3 Å². The van der Waals surface area contributed by atoms with Crippen molar-refractivity contribution in [2.75, 3.05) is 13.1 Å². The second-order valence-corrected chi connectivity index (χ2v) is 13.1. The number of hydrogen-bond donors (Lipinski definition) is 4. The number of rotatable bonds is 7. The molecule has 34 heavy (non-hydrogen) atoms. The quantitative estimate of drug-likeness (QED) is 0.444. The Balaban J connectivity index is 1.41. The molecule has 3 saturated carbocycles. The van der Waals surface area contributed by atoms with Crippen molar-refractivity contribution in [1.29, 1.82) is 0 Å². The van der Waals surface area contributed by atoms with Crippen molar-refractivity contribution in [3.05, 3.63) is 0 Å². The van der Waals surface area contributed by atoms with Crippen LogP contribution in [0.4, 0.5) is 0 Å². The molecule has 1 heterocycles. The van der Waals surface area contributed by atoms with E-state index >= 15 is 0 Å². The summed E-state index contributed by atoms with van der Waals surface area (Å²) in [4.78, 5) is 24.0. The van der Waals surface area contributed by atoms with E-state index in [1.54, 1.807) is 0 Å². The number of aliphatic hydroxyl groups is 1. The van der Waals surface area contributed by atoms with Gasteiger partial charge in [-0.2, -0.15) is 0 Å². The molecule has 0 aromatic carbocycles. The van der Waals surface area contributed by atoms with E-state index in [1.807, 2.05) is 13.8 Å². The Labute approximate surface area is 206 Å². The fourth-order valence-corrected chi connectivity index (χ4v) is 9.16. The lowest BCUT2D eigenvalue weighted by atomic mass is 9.45. The molecular weight excluding hydrogens is 428 g/mol.